The zero-order chi connectivity index (χ0) is 10.1. The fraction of sp³-hybridized carbons (Fsp3) is 0.417. The summed E-state index contributed by atoms with van der Waals surface area (Å²) in [4.78, 5) is 11.4. The number of nitrogens with one attached hydrogen (secondary N) is 1. The number of hydrogen-bond acceptors (Lipinski definition) is 1. The lowest BCUT2D eigenvalue weighted by molar-refractivity contribution is -0.116. The second-order valence-electron chi connectivity index (χ2n) is 3.94. The Labute approximate surface area is 84.3 Å². The van der Waals surface area contributed by atoms with Crippen molar-refractivity contribution in [1.29, 1.82) is 0 Å². The van der Waals surface area contributed by atoms with E-state index in [4.69, 9.17) is 0 Å². The lowest BCUT2D eigenvalue weighted by Crippen LogP contribution is -2.10. The van der Waals surface area contributed by atoms with Gasteiger partial charge < -0.3 is 5.32 Å². The van der Waals surface area contributed by atoms with Crippen molar-refractivity contribution in [1.82, 2.24) is 0 Å². The van der Waals surface area contributed by atoms with Crippen LogP contribution in [0.3, 0.4) is 0 Å². The fourth-order valence-corrected chi connectivity index (χ4v) is 1.90. The molecule has 1 N–H and O–H groups in total. The molecule has 0 radical (unpaired) electrons. The second kappa shape index (κ2) is 3.45. The molecule has 74 valence electrons. The summed E-state index contributed by atoms with van der Waals surface area (Å²) in [6, 6.07) is 4.26. The van der Waals surface area contributed by atoms with Crippen molar-refractivity contribution in [2.45, 2.75) is 33.1 Å². The first-order chi connectivity index (χ1) is 6.68. The molecule has 14 heavy (non-hydrogen) atoms. The number of fused-ring (bicyclic) bond motifs is 1. The van der Waals surface area contributed by atoms with Gasteiger partial charge in [-0.2, -0.15) is 0 Å². The topological polar surface area (TPSA) is 29.1 Å². The molecule has 1 aromatic rings. The van der Waals surface area contributed by atoms with Gasteiger partial charge in [-0.05, 0) is 43.4 Å². The van der Waals surface area contributed by atoms with Crippen LogP contribution in [0.4, 0.5) is 5.69 Å². The molecule has 1 heterocycles. The van der Waals surface area contributed by atoms with E-state index in [1.807, 2.05) is 0 Å². The smallest absolute Gasteiger partial charge is 0.224 e. The number of rotatable bonds is 0. The van der Waals surface area contributed by atoms with E-state index in [1.165, 1.54) is 16.7 Å². The van der Waals surface area contributed by atoms with E-state index in [0.29, 0.717) is 6.42 Å². The van der Waals surface area contributed by atoms with Crippen LogP contribution in [0.15, 0.2) is 12.1 Å². The van der Waals surface area contributed by atoms with E-state index in [-0.39, 0.29) is 5.91 Å². The largest absolute Gasteiger partial charge is 0.326 e. The van der Waals surface area contributed by atoms with Gasteiger partial charge in [-0.3, -0.25) is 4.79 Å². The highest BCUT2D eigenvalue weighted by Gasteiger charge is 2.14. The van der Waals surface area contributed by atoms with Crippen molar-refractivity contribution in [3.8, 4) is 0 Å². The molecule has 2 rings (SSSR count). The Morgan fingerprint density at radius 1 is 1.21 bits per heavy atom. The van der Waals surface area contributed by atoms with Gasteiger partial charge in [-0.1, -0.05) is 12.1 Å². The molecule has 2 heteroatoms. The van der Waals surface area contributed by atoms with Crippen LogP contribution in [0.5, 0.6) is 0 Å². The van der Waals surface area contributed by atoms with Crippen molar-refractivity contribution in [3.05, 3.63) is 28.8 Å². The third kappa shape index (κ3) is 1.52. The molecule has 0 saturated heterocycles. The molecule has 1 aliphatic rings. The van der Waals surface area contributed by atoms with E-state index < -0.39 is 0 Å². The molecule has 0 unspecified atom stereocenters. The first-order valence-electron chi connectivity index (χ1n) is 5.07. The van der Waals surface area contributed by atoms with E-state index >= 15 is 0 Å². The molecule has 0 saturated carbocycles. The van der Waals surface area contributed by atoms with Crippen molar-refractivity contribution >= 4 is 11.6 Å². The van der Waals surface area contributed by atoms with Crippen LogP contribution >= 0.6 is 0 Å². The summed E-state index contributed by atoms with van der Waals surface area (Å²) in [7, 11) is 0. The van der Waals surface area contributed by atoms with E-state index in [2.05, 4.69) is 31.3 Å². The van der Waals surface area contributed by atoms with Crippen LogP contribution in [0.1, 0.15) is 29.5 Å². The third-order valence-corrected chi connectivity index (χ3v) is 2.94. The Morgan fingerprint density at radius 2 is 2.00 bits per heavy atom. The predicted octanol–water partition coefficient (Wildman–Crippen LogP) is 2.58. The minimum Gasteiger partial charge on any atom is -0.326 e. The van der Waals surface area contributed by atoms with Crippen molar-refractivity contribution in [3.63, 3.8) is 0 Å². The molecule has 0 fully saturated rings. The first-order valence-corrected chi connectivity index (χ1v) is 5.07. The summed E-state index contributed by atoms with van der Waals surface area (Å²) < 4.78 is 0. The Hall–Kier alpha value is -1.31. The third-order valence-electron chi connectivity index (χ3n) is 2.94. The van der Waals surface area contributed by atoms with Gasteiger partial charge in [-0.25, -0.2) is 0 Å². The number of carbonyl (C=O) groups is 1. The van der Waals surface area contributed by atoms with Crippen LogP contribution < -0.4 is 5.32 Å². The van der Waals surface area contributed by atoms with E-state index in [1.54, 1.807) is 0 Å². The van der Waals surface area contributed by atoms with Gasteiger partial charge >= 0.3 is 0 Å². The summed E-state index contributed by atoms with van der Waals surface area (Å²) in [5.74, 6) is 0.150. The number of amides is 1. The minimum atomic E-state index is 0.150. The minimum absolute atomic E-state index is 0.150. The molecular weight excluding hydrogens is 174 g/mol. The molecule has 1 aliphatic heterocycles. The summed E-state index contributed by atoms with van der Waals surface area (Å²) in [6.45, 7) is 4.15. The van der Waals surface area contributed by atoms with Gasteiger partial charge in [0, 0.05) is 12.1 Å². The van der Waals surface area contributed by atoms with Crippen molar-refractivity contribution < 1.29 is 4.79 Å². The molecule has 0 aliphatic carbocycles. The summed E-state index contributed by atoms with van der Waals surface area (Å²) in [5, 5.41) is 2.99. The average molecular weight is 189 g/mol. The van der Waals surface area contributed by atoms with Gasteiger partial charge in [0.2, 0.25) is 5.91 Å². The molecule has 0 spiro atoms. The van der Waals surface area contributed by atoms with Crippen LogP contribution in [-0.2, 0) is 11.2 Å². The molecule has 0 bridgehead atoms. The number of hydrogen-bond donors (Lipinski definition) is 1. The highest BCUT2D eigenvalue weighted by atomic mass is 16.1. The number of aryl methyl sites for hydroxylation is 2. The Bertz CT molecular complexity index is 382. The van der Waals surface area contributed by atoms with Gasteiger partial charge in [-0.15, -0.1) is 0 Å². The quantitative estimate of drug-likeness (QED) is 0.667. The van der Waals surface area contributed by atoms with E-state index in [9.17, 15) is 4.79 Å². The van der Waals surface area contributed by atoms with Gasteiger partial charge in [0.15, 0.2) is 0 Å². The zero-order valence-electron chi connectivity index (χ0n) is 8.68. The van der Waals surface area contributed by atoms with Crippen LogP contribution in [0, 0.1) is 13.8 Å². The van der Waals surface area contributed by atoms with Crippen molar-refractivity contribution in [2.75, 3.05) is 5.32 Å². The van der Waals surface area contributed by atoms with E-state index in [0.717, 1.165) is 18.5 Å². The summed E-state index contributed by atoms with van der Waals surface area (Å²) in [6.07, 6.45) is 2.61. The van der Waals surface area contributed by atoms with Crippen LogP contribution in [0.2, 0.25) is 0 Å². The first kappa shape index (κ1) is 9.25. The number of carbonyl (C=O) groups excluding carboxylic acids is 1. The molecule has 1 aromatic carbocycles. The van der Waals surface area contributed by atoms with Crippen molar-refractivity contribution in [2.24, 2.45) is 0 Å². The average Bonchev–Trinajstić information content (AvgIpc) is 2.34. The maximum absolute atomic E-state index is 11.4. The molecule has 2 nitrogen and oxygen atoms in total. The summed E-state index contributed by atoms with van der Waals surface area (Å²) >= 11 is 0. The summed E-state index contributed by atoms with van der Waals surface area (Å²) in [5.41, 5.74) is 4.77. The standard InChI is InChI=1S/C12H15NO/c1-8-6-7-10-4-3-5-11(14)13-12(10)9(8)2/h6-7H,3-5H2,1-2H3,(H,13,14). The highest BCUT2D eigenvalue weighted by molar-refractivity contribution is 5.93. The maximum Gasteiger partial charge on any atom is 0.224 e. The highest BCUT2D eigenvalue weighted by Crippen LogP contribution is 2.27. The lowest BCUT2D eigenvalue weighted by Gasteiger charge is -2.12. The predicted molar refractivity (Wildman–Crippen MR) is 57.5 cm³/mol. The molecule has 0 atom stereocenters. The number of benzene rings is 1. The lowest BCUT2D eigenvalue weighted by atomic mass is 10.0. The SMILES string of the molecule is Cc1ccc2c(c1C)NC(=O)CCC2. The number of anilines is 1. The Balaban J connectivity index is 2.51. The van der Waals surface area contributed by atoms with Gasteiger partial charge in [0.25, 0.3) is 0 Å². The molecular formula is C12H15NO. The maximum atomic E-state index is 11.4. The molecule has 1 amide bonds. The van der Waals surface area contributed by atoms with Gasteiger partial charge in [0.05, 0.1) is 0 Å². The van der Waals surface area contributed by atoms with Gasteiger partial charge in [0.1, 0.15) is 0 Å². The normalized spacial score (nSPS) is 15.7. The monoisotopic (exact) mass is 189 g/mol. The van der Waals surface area contributed by atoms with Crippen LogP contribution in [0.25, 0.3) is 0 Å². The second-order valence-corrected chi connectivity index (χ2v) is 3.94. The molecule has 0 aromatic heterocycles. The Morgan fingerprint density at radius 3 is 2.79 bits per heavy atom. The fourth-order valence-electron chi connectivity index (χ4n) is 1.90. The Kier molecular flexibility index (Phi) is 2.28. The van der Waals surface area contributed by atoms with Crippen LogP contribution in [-0.4, -0.2) is 5.91 Å². The zero-order valence-corrected chi connectivity index (χ0v) is 8.68.